The molecular weight excluding hydrogens is 240 g/mol. The second-order valence-corrected chi connectivity index (χ2v) is 5.33. The van der Waals surface area contributed by atoms with Gasteiger partial charge in [0, 0.05) is 31.1 Å². The lowest BCUT2D eigenvalue weighted by Gasteiger charge is -2.22. The maximum Gasteiger partial charge on any atom is 0.137 e. The van der Waals surface area contributed by atoms with Crippen molar-refractivity contribution in [2.75, 3.05) is 29.9 Å². The number of nitrogens with one attached hydrogen (secondary N) is 1. The highest BCUT2D eigenvalue weighted by atomic mass is 16.3. The first-order chi connectivity index (χ1) is 9.02. The van der Waals surface area contributed by atoms with Crippen LogP contribution in [0.15, 0.2) is 0 Å². The van der Waals surface area contributed by atoms with Crippen LogP contribution in [-0.2, 0) is 0 Å². The SMILES string of the molecule is CCNc1nc(C)nc(N2CCC(C(C)O)C2)c1C. The third kappa shape index (κ3) is 2.97. The zero-order chi connectivity index (χ0) is 14.0. The van der Waals surface area contributed by atoms with E-state index < -0.39 is 0 Å². The van der Waals surface area contributed by atoms with E-state index in [9.17, 15) is 5.11 Å². The quantitative estimate of drug-likeness (QED) is 0.867. The van der Waals surface area contributed by atoms with Gasteiger partial charge in [-0.2, -0.15) is 0 Å². The van der Waals surface area contributed by atoms with Gasteiger partial charge in [0.15, 0.2) is 0 Å². The minimum Gasteiger partial charge on any atom is -0.393 e. The average Bonchev–Trinajstić information content (AvgIpc) is 2.83. The molecule has 0 radical (unpaired) electrons. The molecule has 2 unspecified atom stereocenters. The van der Waals surface area contributed by atoms with Crippen molar-refractivity contribution >= 4 is 11.6 Å². The summed E-state index contributed by atoms with van der Waals surface area (Å²) in [5.41, 5.74) is 1.10. The van der Waals surface area contributed by atoms with Crippen LogP contribution in [-0.4, -0.2) is 40.8 Å². The highest BCUT2D eigenvalue weighted by Crippen LogP contribution is 2.29. The molecule has 1 aliphatic rings. The van der Waals surface area contributed by atoms with Gasteiger partial charge in [-0.25, -0.2) is 9.97 Å². The van der Waals surface area contributed by atoms with Crippen LogP contribution in [0.2, 0.25) is 0 Å². The van der Waals surface area contributed by atoms with E-state index in [4.69, 9.17) is 0 Å². The van der Waals surface area contributed by atoms with E-state index in [-0.39, 0.29) is 6.10 Å². The highest BCUT2D eigenvalue weighted by molar-refractivity contribution is 5.59. The molecule has 2 heterocycles. The van der Waals surface area contributed by atoms with Crippen molar-refractivity contribution in [3.63, 3.8) is 0 Å². The summed E-state index contributed by atoms with van der Waals surface area (Å²) in [6.45, 7) is 10.6. The Kier molecular flexibility index (Phi) is 4.24. The van der Waals surface area contributed by atoms with Crippen LogP contribution >= 0.6 is 0 Å². The van der Waals surface area contributed by atoms with Crippen LogP contribution in [0.25, 0.3) is 0 Å². The normalized spacial score (nSPS) is 20.7. The van der Waals surface area contributed by atoms with E-state index in [1.807, 2.05) is 13.8 Å². The van der Waals surface area contributed by atoms with Gasteiger partial charge in [0.25, 0.3) is 0 Å². The minimum absolute atomic E-state index is 0.249. The van der Waals surface area contributed by atoms with Gasteiger partial charge in [-0.1, -0.05) is 0 Å². The Bertz CT molecular complexity index is 447. The lowest BCUT2D eigenvalue weighted by atomic mass is 10.0. The lowest BCUT2D eigenvalue weighted by Crippen LogP contribution is -2.26. The van der Waals surface area contributed by atoms with Gasteiger partial charge in [0.1, 0.15) is 17.5 Å². The van der Waals surface area contributed by atoms with Crippen molar-refractivity contribution in [1.82, 2.24) is 9.97 Å². The van der Waals surface area contributed by atoms with E-state index in [0.717, 1.165) is 49.1 Å². The van der Waals surface area contributed by atoms with Crippen LogP contribution in [0.4, 0.5) is 11.6 Å². The van der Waals surface area contributed by atoms with Crippen molar-refractivity contribution < 1.29 is 5.11 Å². The fourth-order valence-electron chi connectivity index (χ4n) is 2.63. The molecule has 19 heavy (non-hydrogen) atoms. The van der Waals surface area contributed by atoms with E-state index in [1.54, 1.807) is 0 Å². The zero-order valence-electron chi connectivity index (χ0n) is 12.3. The van der Waals surface area contributed by atoms with Crippen LogP contribution < -0.4 is 10.2 Å². The Balaban J connectivity index is 2.25. The van der Waals surface area contributed by atoms with Gasteiger partial charge < -0.3 is 15.3 Å². The van der Waals surface area contributed by atoms with Gasteiger partial charge >= 0.3 is 0 Å². The van der Waals surface area contributed by atoms with Crippen molar-refractivity contribution in [3.8, 4) is 0 Å². The Morgan fingerprint density at radius 2 is 2.16 bits per heavy atom. The number of nitrogens with zero attached hydrogens (tertiary/aromatic N) is 3. The van der Waals surface area contributed by atoms with Gasteiger partial charge in [0.2, 0.25) is 0 Å². The average molecular weight is 264 g/mol. The molecular formula is C14H24N4O. The second kappa shape index (κ2) is 5.74. The Labute approximate surface area is 115 Å². The molecule has 5 nitrogen and oxygen atoms in total. The number of anilines is 2. The molecule has 5 heteroatoms. The number of aromatic nitrogens is 2. The van der Waals surface area contributed by atoms with Crippen LogP contribution in [0.1, 0.15) is 31.7 Å². The molecule has 2 atom stereocenters. The second-order valence-electron chi connectivity index (χ2n) is 5.33. The van der Waals surface area contributed by atoms with Crippen molar-refractivity contribution in [2.45, 2.75) is 40.2 Å². The molecule has 2 rings (SSSR count). The van der Waals surface area contributed by atoms with Gasteiger partial charge in [0.05, 0.1) is 6.10 Å². The predicted molar refractivity (Wildman–Crippen MR) is 77.7 cm³/mol. The molecule has 1 aromatic heterocycles. The smallest absolute Gasteiger partial charge is 0.137 e. The molecule has 1 aromatic rings. The summed E-state index contributed by atoms with van der Waals surface area (Å²) in [6.07, 6.45) is 0.776. The summed E-state index contributed by atoms with van der Waals surface area (Å²) in [5, 5.41) is 13.0. The molecule has 1 fully saturated rings. The minimum atomic E-state index is -0.249. The maximum absolute atomic E-state index is 9.71. The molecule has 0 aromatic carbocycles. The first-order valence-corrected chi connectivity index (χ1v) is 7.05. The van der Waals surface area contributed by atoms with Gasteiger partial charge in [-0.05, 0) is 34.1 Å². The first kappa shape index (κ1) is 14.1. The largest absolute Gasteiger partial charge is 0.393 e. The third-order valence-electron chi connectivity index (χ3n) is 3.78. The number of rotatable bonds is 4. The molecule has 0 bridgehead atoms. The molecule has 0 aliphatic carbocycles. The fourth-order valence-corrected chi connectivity index (χ4v) is 2.63. The summed E-state index contributed by atoms with van der Waals surface area (Å²) < 4.78 is 0. The number of hydrogen-bond donors (Lipinski definition) is 2. The van der Waals surface area contributed by atoms with E-state index in [1.165, 1.54) is 0 Å². The number of aliphatic hydroxyl groups is 1. The summed E-state index contributed by atoms with van der Waals surface area (Å²) in [5.74, 6) is 3.06. The summed E-state index contributed by atoms with van der Waals surface area (Å²) in [6, 6.07) is 0. The fraction of sp³-hybridized carbons (Fsp3) is 0.714. The maximum atomic E-state index is 9.71. The van der Waals surface area contributed by atoms with Gasteiger partial charge in [-0.15, -0.1) is 0 Å². The lowest BCUT2D eigenvalue weighted by molar-refractivity contribution is 0.136. The summed E-state index contributed by atoms with van der Waals surface area (Å²) >= 11 is 0. The van der Waals surface area contributed by atoms with Crippen LogP contribution in [0.3, 0.4) is 0 Å². The number of aryl methyl sites for hydroxylation is 1. The molecule has 1 saturated heterocycles. The standard InChI is InChI=1S/C14H24N4O/c1-5-15-13-9(2)14(17-11(4)16-13)18-7-6-12(8-18)10(3)19/h10,12,19H,5-8H2,1-4H3,(H,15,16,17). The summed E-state index contributed by atoms with van der Waals surface area (Å²) in [7, 11) is 0. The number of hydrogen-bond acceptors (Lipinski definition) is 5. The Hall–Kier alpha value is -1.36. The van der Waals surface area contributed by atoms with E-state index in [0.29, 0.717) is 5.92 Å². The monoisotopic (exact) mass is 264 g/mol. The topological polar surface area (TPSA) is 61.3 Å². The molecule has 106 valence electrons. The molecule has 0 saturated carbocycles. The molecule has 2 N–H and O–H groups in total. The Morgan fingerprint density at radius 1 is 1.42 bits per heavy atom. The van der Waals surface area contributed by atoms with Crippen molar-refractivity contribution in [2.24, 2.45) is 5.92 Å². The van der Waals surface area contributed by atoms with Crippen LogP contribution in [0, 0.1) is 19.8 Å². The van der Waals surface area contributed by atoms with E-state index >= 15 is 0 Å². The van der Waals surface area contributed by atoms with Crippen LogP contribution in [0.5, 0.6) is 0 Å². The highest BCUT2D eigenvalue weighted by Gasteiger charge is 2.28. The van der Waals surface area contributed by atoms with Crippen molar-refractivity contribution in [1.29, 1.82) is 0 Å². The number of aliphatic hydroxyl groups excluding tert-OH is 1. The zero-order valence-corrected chi connectivity index (χ0v) is 12.3. The summed E-state index contributed by atoms with van der Waals surface area (Å²) in [4.78, 5) is 11.3. The van der Waals surface area contributed by atoms with E-state index in [2.05, 4.69) is 34.0 Å². The third-order valence-corrected chi connectivity index (χ3v) is 3.78. The molecule has 1 aliphatic heterocycles. The molecule has 0 spiro atoms. The molecule has 0 amide bonds. The van der Waals surface area contributed by atoms with Crippen molar-refractivity contribution in [3.05, 3.63) is 11.4 Å². The Morgan fingerprint density at radius 3 is 2.74 bits per heavy atom. The first-order valence-electron chi connectivity index (χ1n) is 7.05. The van der Waals surface area contributed by atoms with Gasteiger partial charge in [-0.3, -0.25) is 0 Å². The predicted octanol–water partition coefficient (Wildman–Crippen LogP) is 1.73.